The van der Waals surface area contributed by atoms with Crippen LogP contribution in [0, 0.1) is 11.8 Å². The predicted octanol–water partition coefficient (Wildman–Crippen LogP) is 19.3. The minimum Gasteiger partial charge on any atom is -0.0616 e. The van der Waals surface area contributed by atoms with Crippen molar-refractivity contribution < 1.29 is 0 Å². The summed E-state index contributed by atoms with van der Waals surface area (Å²) in [7, 11) is 0. The first kappa shape index (κ1) is 48.5. The molecule has 71 heavy (non-hydrogen) atoms. The van der Waals surface area contributed by atoms with E-state index < -0.39 is 5.41 Å². The largest absolute Gasteiger partial charge is 0.0701 e. The first-order valence-electron chi connectivity index (χ1n) is 26.3. The molecule has 0 nitrogen and oxygen atoms in total. The molecule has 0 amide bonds. The van der Waals surface area contributed by atoms with E-state index in [4.69, 9.17) is 0 Å². The average Bonchev–Trinajstić information content (AvgIpc) is 3.65. The Morgan fingerprint density at radius 2 is 0.521 bits per heavy atom. The molecule has 0 aromatic heterocycles. The minimum absolute atomic E-state index is 0.0326. The van der Waals surface area contributed by atoms with Crippen molar-refractivity contribution in [2.75, 3.05) is 0 Å². The van der Waals surface area contributed by atoms with Gasteiger partial charge in [0, 0.05) is 11.1 Å². The van der Waals surface area contributed by atoms with E-state index in [0.717, 1.165) is 11.1 Å². The second-order valence-corrected chi connectivity index (χ2v) is 27.3. The van der Waals surface area contributed by atoms with Gasteiger partial charge in [0.15, 0.2) is 0 Å². The summed E-state index contributed by atoms with van der Waals surface area (Å²) < 4.78 is 0. The van der Waals surface area contributed by atoms with Crippen molar-refractivity contribution in [1.82, 2.24) is 0 Å². The van der Waals surface area contributed by atoms with Gasteiger partial charge in [-0.3, -0.25) is 0 Å². The summed E-state index contributed by atoms with van der Waals surface area (Å²) in [5, 5.41) is 13.8. The molecule has 0 heteroatoms. The molecule has 0 spiro atoms. The third kappa shape index (κ3) is 7.72. The van der Waals surface area contributed by atoms with E-state index in [1.54, 1.807) is 0 Å². The molecule has 0 aliphatic rings. The zero-order chi connectivity index (χ0) is 51.2. The fraction of sp³-hybridized carbons (Fsp3) is 0.352. The maximum absolute atomic E-state index is 3.93. The summed E-state index contributed by atoms with van der Waals surface area (Å²) in [5.41, 5.74) is 14.7. The molecule has 0 saturated carbocycles. The van der Waals surface area contributed by atoms with Crippen molar-refractivity contribution in [3.63, 3.8) is 0 Å². The second-order valence-electron chi connectivity index (χ2n) is 27.3. The van der Waals surface area contributed by atoms with Crippen molar-refractivity contribution in [2.45, 2.75) is 163 Å². The summed E-state index contributed by atoms with van der Waals surface area (Å²) >= 11 is 0. The predicted molar refractivity (Wildman–Crippen MR) is 310 cm³/mol. The third-order valence-electron chi connectivity index (χ3n) is 15.9. The van der Waals surface area contributed by atoms with Gasteiger partial charge >= 0.3 is 0 Å². The van der Waals surface area contributed by atoms with Gasteiger partial charge < -0.3 is 0 Å². The van der Waals surface area contributed by atoms with Crippen LogP contribution >= 0.6 is 0 Å². The van der Waals surface area contributed by atoms with E-state index in [9.17, 15) is 0 Å². The fourth-order valence-corrected chi connectivity index (χ4v) is 12.5. The number of hydrogen-bond donors (Lipinski definition) is 0. The van der Waals surface area contributed by atoms with E-state index in [1.807, 2.05) is 0 Å². The van der Waals surface area contributed by atoms with Crippen LogP contribution in [-0.2, 0) is 37.9 Å². The first-order valence-corrected chi connectivity index (χ1v) is 26.3. The Morgan fingerprint density at radius 1 is 0.239 bits per heavy atom. The van der Waals surface area contributed by atoms with Crippen LogP contribution in [0.1, 0.15) is 191 Å². The topological polar surface area (TPSA) is 0 Å². The van der Waals surface area contributed by atoms with Crippen LogP contribution < -0.4 is 0 Å². The Bertz CT molecular complexity index is 3530. The molecule has 10 rings (SSSR count). The zero-order valence-corrected chi connectivity index (χ0v) is 46.2. The third-order valence-corrected chi connectivity index (χ3v) is 15.9. The van der Waals surface area contributed by atoms with E-state index >= 15 is 0 Å². The van der Waals surface area contributed by atoms with Gasteiger partial charge in [-0.1, -0.05) is 258 Å². The molecule has 0 radical (unpaired) electrons. The molecule has 0 N–H and O–H groups in total. The lowest BCUT2D eigenvalue weighted by molar-refractivity contribution is 0.539. The number of rotatable bonds is 4. The zero-order valence-electron chi connectivity index (χ0n) is 46.2. The lowest BCUT2D eigenvalue weighted by Gasteiger charge is -2.38. The SMILES string of the molecule is CC(C)(C)c1ccc(C(c2ccc(C#Cc3c(C(C)(C)C)c4ccc5ccc6c(C(C)(C)C)c(C(C)(C)C)c7ccc3c3c4c5c6c73)cc2)(c2ccc(C(C)(C)C)cc2)c2ccc(C(C)(C)C)cc2)cc1. The van der Waals surface area contributed by atoms with Gasteiger partial charge in [0.05, 0.1) is 5.41 Å². The van der Waals surface area contributed by atoms with Crippen LogP contribution in [0.2, 0.25) is 0 Å². The average molecular weight is 929 g/mol. The number of benzene rings is 9. The maximum Gasteiger partial charge on any atom is 0.0701 e. The molecule has 0 unspecified atom stereocenters. The maximum atomic E-state index is 3.93. The second kappa shape index (κ2) is 15.9. The van der Waals surface area contributed by atoms with E-state index in [-0.39, 0.29) is 32.5 Å². The van der Waals surface area contributed by atoms with Crippen molar-refractivity contribution >= 4 is 53.9 Å². The van der Waals surface area contributed by atoms with E-state index in [2.05, 4.69) is 270 Å². The van der Waals surface area contributed by atoms with Gasteiger partial charge in [-0.15, -0.1) is 0 Å². The standard InChI is InChI=1S/C71H76/c1-65(2,3)45-26-32-49(33-27-45)71(50-34-28-46(29-35-50)66(4,5)6,51-36-30-47(31-37-51)67(7,8)9)48-24-19-43(20-25-48)21-38-53-52-41-42-56-61-58(52)59-54(62(53)68(10,11)12)39-22-44-23-40-55(60(61)57(44)59)63(69(13,14)15)64(56)70(16,17)18/h19-20,22-37,39-42H,1-18H3. The highest BCUT2D eigenvalue weighted by molar-refractivity contribution is 6.45. The Kier molecular flexibility index (Phi) is 10.9. The lowest BCUT2D eigenvalue weighted by Crippen LogP contribution is -2.31. The normalized spacial score (nSPS) is 13.7. The molecule has 0 saturated heterocycles. The van der Waals surface area contributed by atoms with Crippen LogP contribution in [0.25, 0.3) is 53.9 Å². The van der Waals surface area contributed by atoms with Crippen molar-refractivity contribution in [3.8, 4) is 11.8 Å². The summed E-state index contributed by atoms with van der Waals surface area (Å²) in [6.45, 7) is 42.2. The van der Waals surface area contributed by atoms with Gasteiger partial charge in [0.2, 0.25) is 0 Å². The molecule has 10 aromatic rings. The Morgan fingerprint density at radius 3 is 0.873 bits per heavy atom. The number of hydrogen-bond acceptors (Lipinski definition) is 0. The van der Waals surface area contributed by atoms with Gasteiger partial charge in [-0.25, -0.2) is 0 Å². The van der Waals surface area contributed by atoms with Crippen LogP contribution in [0.4, 0.5) is 0 Å². The van der Waals surface area contributed by atoms with Gasteiger partial charge in [0.25, 0.3) is 0 Å². The van der Waals surface area contributed by atoms with E-state index in [0.29, 0.717) is 0 Å². The summed E-state index contributed by atoms with van der Waals surface area (Å²) in [4.78, 5) is 0. The highest BCUT2D eigenvalue weighted by Gasteiger charge is 2.40. The Hall–Kier alpha value is -6.16. The Labute approximate surface area is 426 Å². The molecular weight excluding hydrogens is 853 g/mol. The molecule has 10 aromatic carbocycles. The van der Waals surface area contributed by atoms with Gasteiger partial charge in [-0.05, 0) is 154 Å². The first-order chi connectivity index (χ1) is 33.0. The minimum atomic E-state index is -0.593. The molecule has 0 aliphatic carbocycles. The van der Waals surface area contributed by atoms with Gasteiger partial charge in [-0.2, -0.15) is 0 Å². The smallest absolute Gasteiger partial charge is 0.0616 e. The molecule has 0 atom stereocenters. The van der Waals surface area contributed by atoms with E-state index in [1.165, 1.54) is 109 Å². The molecule has 0 aliphatic heterocycles. The van der Waals surface area contributed by atoms with Crippen LogP contribution in [0.15, 0.2) is 133 Å². The van der Waals surface area contributed by atoms with Crippen molar-refractivity contribution in [3.05, 3.63) is 200 Å². The lowest BCUT2D eigenvalue weighted by atomic mass is 9.64. The summed E-state index contributed by atoms with van der Waals surface area (Å²) in [6.07, 6.45) is 0. The highest BCUT2D eigenvalue weighted by atomic mass is 14.4. The Balaban J connectivity index is 1.22. The molecule has 360 valence electrons. The van der Waals surface area contributed by atoms with Crippen LogP contribution in [0.5, 0.6) is 0 Å². The fourth-order valence-electron chi connectivity index (χ4n) is 12.5. The summed E-state index contributed by atoms with van der Waals surface area (Å²) in [5.74, 6) is 7.73. The highest BCUT2D eigenvalue weighted by Crippen LogP contribution is 2.56. The van der Waals surface area contributed by atoms with Crippen molar-refractivity contribution in [1.29, 1.82) is 0 Å². The summed E-state index contributed by atoms with van der Waals surface area (Å²) in [6, 6.07) is 52.1. The van der Waals surface area contributed by atoms with Crippen molar-refractivity contribution in [2.24, 2.45) is 0 Å². The van der Waals surface area contributed by atoms with Crippen LogP contribution in [-0.4, -0.2) is 0 Å². The molecule has 0 bridgehead atoms. The molecular formula is C71H76. The van der Waals surface area contributed by atoms with Gasteiger partial charge in [0.1, 0.15) is 0 Å². The van der Waals surface area contributed by atoms with Crippen LogP contribution in [0.3, 0.4) is 0 Å². The monoisotopic (exact) mass is 929 g/mol. The molecule has 0 fully saturated rings. The quantitative estimate of drug-likeness (QED) is 0.0937. The molecule has 0 heterocycles.